The van der Waals surface area contributed by atoms with E-state index in [9.17, 15) is 22.8 Å². The number of likely N-dealkylation sites (N-methyl/N-ethyl adjacent to an activating group) is 1. The number of anilines is 1. The summed E-state index contributed by atoms with van der Waals surface area (Å²) in [5.41, 5.74) is 5.73. The summed E-state index contributed by atoms with van der Waals surface area (Å²) in [6.45, 7) is 3.67. The van der Waals surface area contributed by atoms with Crippen LogP contribution in [0.25, 0.3) is 10.8 Å². The van der Waals surface area contributed by atoms with Crippen LogP contribution in [0.3, 0.4) is 0 Å². The molecule has 2 heterocycles. The lowest BCUT2D eigenvalue weighted by Crippen LogP contribution is -2.30. The third-order valence-corrected chi connectivity index (χ3v) is 6.74. The third kappa shape index (κ3) is 5.53. The highest BCUT2D eigenvalue weighted by molar-refractivity contribution is 5.91. The van der Waals surface area contributed by atoms with Crippen molar-refractivity contribution < 1.29 is 18.0 Å². The summed E-state index contributed by atoms with van der Waals surface area (Å²) in [6.07, 6.45) is -2.75. The fourth-order valence-electron chi connectivity index (χ4n) is 4.89. The topological polar surface area (TPSA) is 93.2 Å². The van der Waals surface area contributed by atoms with Crippen molar-refractivity contribution in [2.75, 3.05) is 25.5 Å². The van der Waals surface area contributed by atoms with E-state index in [1.807, 2.05) is 12.1 Å². The summed E-state index contributed by atoms with van der Waals surface area (Å²) < 4.78 is 41.8. The van der Waals surface area contributed by atoms with Gasteiger partial charge in [-0.15, -0.1) is 0 Å². The zero-order valence-corrected chi connectivity index (χ0v) is 20.5. The van der Waals surface area contributed by atoms with Crippen molar-refractivity contribution in [1.29, 1.82) is 0 Å². The van der Waals surface area contributed by atoms with Gasteiger partial charge in [0.25, 0.3) is 5.56 Å². The number of aryl methyl sites for hydroxylation is 1. The Balaban J connectivity index is 1.74. The molecule has 10 heteroatoms. The van der Waals surface area contributed by atoms with E-state index in [2.05, 4.69) is 22.4 Å². The monoisotopic (exact) mass is 501 g/mol. The zero-order chi connectivity index (χ0) is 26.2. The first-order chi connectivity index (χ1) is 16.9. The predicted molar refractivity (Wildman–Crippen MR) is 133 cm³/mol. The van der Waals surface area contributed by atoms with E-state index in [1.54, 1.807) is 13.0 Å². The molecule has 0 bridgehead atoms. The van der Waals surface area contributed by atoms with Gasteiger partial charge < -0.3 is 16.0 Å². The van der Waals surface area contributed by atoms with Crippen molar-refractivity contribution >= 4 is 22.5 Å². The summed E-state index contributed by atoms with van der Waals surface area (Å²) in [5.74, 6) is 0.00859. The summed E-state index contributed by atoms with van der Waals surface area (Å²) >= 11 is 0. The number of hydrogen-bond donors (Lipinski definition) is 2. The molecule has 1 saturated heterocycles. The molecule has 1 aliphatic heterocycles. The molecule has 1 aromatic heterocycles. The van der Waals surface area contributed by atoms with Gasteiger partial charge in [0.05, 0.1) is 23.4 Å². The lowest BCUT2D eigenvalue weighted by molar-refractivity contribution is -0.137. The van der Waals surface area contributed by atoms with Crippen LogP contribution in [0.4, 0.5) is 19.0 Å². The van der Waals surface area contributed by atoms with Gasteiger partial charge in [0.15, 0.2) is 5.82 Å². The number of carbonyl (C=O) groups is 1. The molecule has 0 spiro atoms. The molecule has 1 unspecified atom stereocenters. The molecule has 2 atom stereocenters. The number of alkyl halides is 3. The standard InChI is InChI=1S/C26H30F3N5O2/c1-15(19-9-16(11-23(30)35)10-20(12-19)26(27,28)29)31-24-22-13-17(18-5-4-8-33(2)14-18)6-7-21(22)25(36)34(3)32-24/h6-7,9-10,12-13,15,18H,4-5,8,11,14H2,1-3H3,(H2,30,35)(H,31,32)/t15-,18?/m1/s1. The molecule has 2 aromatic carbocycles. The van der Waals surface area contributed by atoms with Crippen LogP contribution in [0.15, 0.2) is 41.2 Å². The Labute approximate surface area is 207 Å². The second-order valence-electron chi connectivity index (χ2n) is 9.65. The van der Waals surface area contributed by atoms with Gasteiger partial charge in [-0.3, -0.25) is 9.59 Å². The highest BCUT2D eigenvalue weighted by Crippen LogP contribution is 2.34. The van der Waals surface area contributed by atoms with E-state index >= 15 is 0 Å². The number of aromatic nitrogens is 2. The molecule has 7 nitrogen and oxygen atoms in total. The lowest BCUT2D eigenvalue weighted by atomic mass is 9.90. The Kier molecular flexibility index (Phi) is 7.08. The van der Waals surface area contributed by atoms with E-state index in [-0.39, 0.29) is 17.5 Å². The number of carbonyl (C=O) groups excluding carboxylic acids is 1. The van der Waals surface area contributed by atoms with Crippen LogP contribution in [0.5, 0.6) is 0 Å². The van der Waals surface area contributed by atoms with Crippen molar-refractivity contribution in [3.63, 3.8) is 0 Å². The zero-order valence-electron chi connectivity index (χ0n) is 20.5. The number of fused-ring (bicyclic) bond motifs is 1. The fourth-order valence-corrected chi connectivity index (χ4v) is 4.89. The molecule has 0 saturated carbocycles. The van der Waals surface area contributed by atoms with Crippen molar-refractivity contribution in [3.8, 4) is 0 Å². The predicted octanol–water partition coefficient (Wildman–Crippen LogP) is 3.96. The van der Waals surface area contributed by atoms with Crippen LogP contribution in [-0.2, 0) is 24.4 Å². The maximum Gasteiger partial charge on any atom is 0.416 e. The van der Waals surface area contributed by atoms with E-state index in [4.69, 9.17) is 5.73 Å². The van der Waals surface area contributed by atoms with Crippen molar-refractivity contribution in [2.24, 2.45) is 12.8 Å². The molecular formula is C26H30F3N5O2. The second kappa shape index (κ2) is 9.93. The Bertz CT molecular complexity index is 1350. The van der Waals surface area contributed by atoms with Gasteiger partial charge in [-0.05, 0) is 80.2 Å². The maximum absolute atomic E-state index is 13.5. The molecule has 0 radical (unpaired) electrons. The minimum atomic E-state index is -4.58. The number of hydrogen-bond acceptors (Lipinski definition) is 5. The lowest BCUT2D eigenvalue weighted by Gasteiger charge is -2.30. The molecule has 1 aliphatic rings. The summed E-state index contributed by atoms with van der Waals surface area (Å²) in [6, 6.07) is 8.66. The quantitative estimate of drug-likeness (QED) is 0.533. The van der Waals surface area contributed by atoms with Crippen molar-refractivity contribution in [1.82, 2.24) is 14.7 Å². The maximum atomic E-state index is 13.5. The van der Waals surface area contributed by atoms with Crippen LogP contribution in [0.2, 0.25) is 0 Å². The first kappa shape index (κ1) is 25.7. The van der Waals surface area contributed by atoms with Gasteiger partial charge in [0.1, 0.15) is 0 Å². The number of nitrogens with zero attached hydrogens (tertiary/aromatic N) is 3. The molecule has 192 valence electrons. The van der Waals surface area contributed by atoms with Crippen LogP contribution in [0.1, 0.15) is 54.0 Å². The smallest absolute Gasteiger partial charge is 0.369 e. The largest absolute Gasteiger partial charge is 0.416 e. The number of amides is 1. The molecule has 0 aliphatic carbocycles. The minimum absolute atomic E-state index is 0.183. The highest BCUT2D eigenvalue weighted by Gasteiger charge is 2.32. The number of likely N-dealkylation sites (tertiary alicyclic amines) is 1. The van der Waals surface area contributed by atoms with Gasteiger partial charge in [-0.25, -0.2) is 4.68 Å². The van der Waals surface area contributed by atoms with E-state index < -0.39 is 23.7 Å². The van der Waals surface area contributed by atoms with Crippen LogP contribution in [-0.4, -0.2) is 40.7 Å². The number of halogens is 3. The third-order valence-electron chi connectivity index (χ3n) is 6.74. The van der Waals surface area contributed by atoms with Crippen LogP contribution in [0, 0.1) is 0 Å². The number of nitrogens with one attached hydrogen (secondary N) is 1. The van der Waals surface area contributed by atoms with Gasteiger partial charge in [0.2, 0.25) is 5.91 Å². The number of piperidine rings is 1. The average molecular weight is 502 g/mol. The van der Waals surface area contributed by atoms with E-state index in [1.165, 1.54) is 17.8 Å². The van der Waals surface area contributed by atoms with Gasteiger partial charge in [0, 0.05) is 19.0 Å². The summed E-state index contributed by atoms with van der Waals surface area (Å²) in [5, 5.41) is 8.70. The number of primary amides is 1. The summed E-state index contributed by atoms with van der Waals surface area (Å²) in [4.78, 5) is 26.4. The number of nitrogens with two attached hydrogens (primary N) is 1. The van der Waals surface area contributed by atoms with Gasteiger partial charge in [-0.1, -0.05) is 12.1 Å². The first-order valence-corrected chi connectivity index (χ1v) is 11.9. The fraction of sp³-hybridized carbons (Fsp3) is 0.423. The molecule has 1 amide bonds. The van der Waals surface area contributed by atoms with Crippen molar-refractivity contribution in [2.45, 2.75) is 44.3 Å². The molecule has 3 N–H and O–H groups in total. The Morgan fingerprint density at radius 1 is 1.19 bits per heavy atom. The average Bonchev–Trinajstić information content (AvgIpc) is 2.81. The van der Waals surface area contributed by atoms with Gasteiger partial charge in [-0.2, -0.15) is 18.3 Å². The molecule has 4 rings (SSSR count). The first-order valence-electron chi connectivity index (χ1n) is 11.9. The Morgan fingerprint density at radius 3 is 2.61 bits per heavy atom. The molecule has 36 heavy (non-hydrogen) atoms. The SMILES string of the molecule is C[C@@H](Nc1nn(C)c(=O)c2ccc(C3CCCN(C)C3)cc12)c1cc(CC(N)=O)cc(C(F)(F)F)c1. The minimum Gasteiger partial charge on any atom is -0.369 e. The number of rotatable bonds is 6. The second-order valence-corrected chi connectivity index (χ2v) is 9.65. The van der Waals surface area contributed by atoms with Crippen LogP contribution >= 0.6 is 0 Å². The Morgan fingerprint density at radius 2 is 1.94 bits per heavy atom. The Hall–Kier alpha value is -3.40. The normalized spacial score (nSPS) is 17.8. The molecule has 1 fully saturated rings. The molecule has 3 aromatic rings. The molecular weight excluding hydrogens is 471 g/mol. The highest BCUT2D eigenvalue weighted by atomic mass is 19.4. The van der Waals surface area contributed by atoms with Gasteiger partial charge >= 0.3 is 6.18 Å². The van der Waals surface area contributed by atoms with E-state index in [0.29, 0.717) is 28.1 Å². The number of benzene rings is 2. The van der Waals surface area contributed by atoms with Crippen LogP contribution < -0.4 is 16.6 Å². The summed E-state index contributed by atoms with van der Waals surface area (Å²) in [7, 11) is 3.62. The van der Waals surface area contributed by atoms with E-state index in [0.717, 1.165) is 43.6 Å². The van der Waals surface area contributed by atoms with Crippen molar-refractivity contribution in [3.05, 3.63) is 69.0 Å².